The maximum absolute atomic E-state index is 11.8. The standard InChI is InChI=1S/C25H50NO8P/c1-3-5-6-7-8-9-10-11-12-13-14-15-16-17-18-25(29)32-21-23(27)22-34-35(30,31)33-20-19-26-24(28)4-2/h23,27H,3-22H2,1-2H3,(H,26,28)(H,30,31). The van der Waals surface area contributed by atoms with Crippen LogP contribution >= 0.6 is 7.82 Å². The second kappa shape index (κ2) is 23.4. The molecule has 0 saturated heterocycles. The number of aliphatic hydroxyl groups excluding tert-OH is 1. The number of nitrogens with one attached hydrogen (secondary N) is 1. The molecular weight excluding hydrogens is 473 g/mol. The van der Waals surface area contributed by atoms with E-state index >= 15 is 0 Å². The molecule has 0 spiro atoms. The normalized spacial score (nSPS) is 13.8. The van der Waals surface area contributed by atoms with E-state index in [0.29, 0.717) is 6.42 Å². The number of carbonyl (C=O) groups is 2. The summed E-state index contributed by atoms with van der Waals surface area (Å²) in [7, 11) is -4.36. The molecule has 1 amide bonds. The number of carbonyl (C=O) groups excluding carboxylic acids is 2. The molecule has 208 valence electrons. The predicted octanol–water partition coefficient (Wildman–Crippen LogP) is 5.42. The number of esters is 1. The van der Waals surface area contributed by atoms with Crippen LogP contribution < -0.4 is 5.32 Å². The Bertz CT molecular complexity index is 576. The van der Waals surface area contributed by atoms with E-state index in [0.717, 1.165) is 19.3 Å². The van der Waals surface area contributed by atoms with Crippen LogP contribution in [0.4, 0.5) is 0 Å². The van der Waals surface area contributed by atoms with Gasteiger partial charge in [-0.2, -0.15) is 0 Å². The zero-order chi connectivity index (χ0) is 26.2. The summed E-state index contributed by atoms with van der Waals surface area (Å²) in [4.78, 5) is 32.4. The van der Waals surface area contributed by atoms with Gasteiger partial charge >= 0.3 is 13.8 Å². The Balaban J connectivity index is 3.55. The van der Waals surface area contributed by atoms with Crippen LogP contribution in [0.5, 0.6) is 0 Å². The molecule has 0 aromatic carbocycles. The molecule has 2 unspecified atom stereocenters. The van der Waals surface area contributed by atoms with Gasteiger partial charge in [0, 0.05) is 19.4 Å². The molecule has 35 heavy (non-hydrogen) atoms. The number of rotatable bonds is 25. The van der Waals surface area contributed by atoms with Gasteiger partial charge < -0.3 is 20.1 Å². The number of amides is 1. The molecule has 2 atom stereocenters. The highest BCUT2D eigenvalue weighted by atomic mass is 31.2. The van der Waals surface area contributed by atoms with Gasteiger partial charge in [0.1, 0.15) is 12.7 Å². The molecule has 3 N–H and O–H groups in total. The van der Waals surface area contributed by atoms with Crippen LogP contribution in [0.25, 0.3) is 0 Å². The van der Waals surface area contributed by atoms with Crippen molar-refractivity contribution < 1.29 is 37.9 Å². The Morgan fingerprint density at radius 2 is 1.31 bits per heavy atom. The number of unbranched alkanes of at least 4 members (excludes halogenated alkanes) is 13. The van der Waals surface area contributed by atoms with Crippen molar-refractivity contribution in [3.05, 3.63) is 0 Å². The molecule has 9 nitrogen and oxygen atoms in total. The van der Waals surface area contributed by atoms with Gasteiger partial charge in [0.25, 0.3) is 0 Å². The van der Waals surface area contributed by atoms with E-state index in [9.17, 15) is 24.2 Å². The van der Waals surface area contributed by atoms with Crippen LogP contribution in [0.2, 0.25) is 0 Å². The molecule has 0 aliphatic heterocycles. The lowest BCUT2D eigenvalue weighted by Crippen LogP contribution is -2.26. The minimum Gasteiger partial charge on any atom is -0.463 e. The van der Waals surface area contributed by atoms with Crippen LogP contribution in [-0.4, -0.2) is 54.3 Å². The minimum absolute atomic E-state index is 0.0694. The summed E-state index contributed by atoms with van der Waals surface area (Å²) in [6.45, 7) is 2.97. The highest BCUT2D eigenvalue weighted by Crippen LogP contribution is 2.42. The maximum Gasteiger partial charge on any atom is 0.472 e. The van der Waals surface area contributed by atoms with E-state index in [-0.39, 0.29) is 32.1 Å². The largest absolute Gasteiger partial charge is 0.472 e. The van der Waals surface area contributed by atoms with Gasteiger partial charge in [0.05, 0.1) is 13.2 Å². The van der Waals surface area contributed by atoms with Crippen molar-refractivity contribution in [2.75, 3.05) is 26.4 Å². The third-order valence-corrected chi connectivity index (χ3v) is 6.59. The summed E-state index contributed by atoms with van der Waals surface area (Å²) in [5.74, 6) is -0.605. The smallest absolute Gasteiger partial charge is 0.463 e. The van der Waals surface area contributed by atoms with E-state index in [1.165, 1.54) is 70.6 Å². The Kier molecular flexibility index (Phi) is 22.7. The summed E-state index contributed by atoms with van der Waals surface area (Å²) in [6, 6.07) is 0. The zero-order valence-corrected chi connectivity index (χ0v) is 22.9. The van der Waals surface area contributed by atoms with Crippen molar-refractivity contribution in [3.8, 4) is 0 Å². The Morgan fingerprint density at radius 1 is 0.800 bits per heavy atom. The van der Waals surface area contributed by atoms with Crippen LogP contribution in [0, 0.1) is 0 Å². The monoisotopic (exact) mass is 523 g/mol. The number of hydrogen-bond acceptors (Lipinski definition) is 7. The molecule has 0 aromatic rings. The molecule has 10 heteroatoms. The van der Waals surface area contributed by atoms with E-state index in [4.69, 9.17) is 4.74 Å². The quantitative estimate of drug-likeness (QED) is 0.0821. The number of ether oxygens (including phenoxy) is 1. The van der Waals surface area contributed by atoms with E-state index in [1.807, 2.05) is 0 Å². The molecule has 0 aromatic heterocycles. The fourth-order valence-electron chi connectivity index (χ4n) is 3.47. The second-order valence-electron chi connectivity index (χ2n) is 8.98. The molecule has 0 heterocycles. The van der Waals surface area contributed by atoms with Gasteiger partial charge in [0.15, 0.2) is 0 Å². The fourth-order valence-corrected chi connectivity index (χ4v) is 4.22. The first kappa shape index (κ1) is 34.0. The Labute approximate surface area is 212 Å². The molecule has 0 fully saturated rings. The van der Waals surface area contributed by atoms with Gasteiger partial charge in [-0.05, 0) is 6.42 Å². The van der Waals surface area contributed by atoms with Gasteiger partial charge in [-0.1, -0.05) is 97.3 Å². The van der Waals surface area contributed by atoms with E-state index in [1.54, 1.807) is 6.92 Å². The van der Waals surface area contributed by atoms with Crippen LogP contribution in [0.15, 0.2) is 0 Å². The average Bonchev–Trinajstić information content (AvgIpc) is 2.84. The highest BCUT2D eigenvalue weighted by molar-refractivity contribution is 7.47. The summed E-state index contributed by atoms with van der Waals surface area (Å²) in [5.41, 5.74) is 0. The fraction of sp³-hybridized carbons (Fsp3) is 0.920. The van der Waals surface area contributed by atoms with Crippen molar-refractivity contribution in [2.24, 2.45) is 0 Å². The van der Waals surface area contributed by atoms with Gasteiger partial charge in [-0.25, -0.2) is 4.57 Å². The molecular formula is C25H50NO8P. The highest BCUT2D eigenvalue weighted by Gasteiger charge is 2.23. The lowest BCUT2D eigenvalue weighted by molar-refractivity contribution is -0.147. The summed E-state index contributed by atoms with van der Waals surface area (Å²) < 4.78 is 26.1. The van der Waals surface area contributed by atoms with E-state index < -0.39 is 26.5 Å². The van der Waals surface area contributed by atoms with Crippen molar-refractivity contribution in [3.63, 3.8) is 0 Å². The Hall–Kier alpha value is -0.990. The topological polar surface area (TPSA) is 131 Å². The number of phosphoric ester groups is 1. The van der Waals surface area contributed by atoms with E-state index in [2.05, 4.69) is 21.3 Å². The third-order valence-electron chi connectivity index (χ3n) is 5.60. The average molecular weight is 524 g/mol. The van der Waals surface area contributed by atoms with Gasteiger partial charge in [0.2, 0.25) is 5.91 Å². The molecule has 0 saturated carbocycles. The number of aliphatic hydroxyl groups is 1. The molecule has 0 aliphatic rings. The lowest BCUT2D eigenvalue weighted by atomic mass is 10.0. The predicted molar refractivity (Wildman–Crippen MR) is 137 cm³/mol. The molecule has 0 radical (unpaired) electrons. The van der Waals surface area contributed by atoms with Crippen LogP contribution in [0.3, 0.4) is 0 Å². The molecule has 0 rings (SSSR count). The van der Waals surface area contributed by atoms with Crippen LogP contribution in [0.1, 0.15) is 117 Å². The van der Waals surface area contributed by atoms with Crippen LogP contribution in [-0.2, 0) is 27.9 Å². The summed E-state index contributed by atoms with van der Waals surface area (Å²) in [5, 5.41) is 12.3. The van der Waals surface area contributed by atoms with Crippen molar-refractivity contribution in [1.29, 1.82) is 0 Å². The van der Waals surface area contributed by atoms with Crippen molar-refractivity contribution >= 4 is 19.7 Å². The number of hydrogen-bond donors (Lipinski definition) is 3. The van der Waals surface area contributed by atoms with Gasteiger partial charge in [-0.15, -0.1) is 0 Å². The maximum atomic E-state index is 11.8. The molecule has 0 bridgehead atoms. The SMILES string of the molecule is CCCCCCCCCCCCCCCCC(=O)OCC(O)COP(=O)(O)OCCNC(=O)CC. The third kappa shape index (κ3) is 24.5. The summed E-state index contributed by atoms with van der Waals surface area (Å²) in [6.07, 6.45) is 16.7. The minimum atomic E-state index is -4.36. The Morgan fingerprint density at radius 3 is 1.83 bits per heavy atom. The second-order valence-corrected chi connectivity index (χ2v) is 10.4. The van der Waals surface area contributed by atoms with Gasteiger partial charge in [-0.3, -0.25) is 18.6 Å². The first-order chi connectivity index (χ1) is 16.8. The van der Waals surface area contributed by atoms with Crippen molar-refractivity contribution in [1.82, 2.24) is 5.32 Å². The number of phosphoric acid groups is 1. The first-order valence-electron chi connectivity index (χ1n) is 13.5. The van der Waals surface area contributed by atoms with Crippen molar-refractivity contribution in [2.45, 2.75) is 123 Å². The first-order valence-corrected chi connectivity index (χ1v) is 15.0. The summed E-state index contributed by atoms with van der Waals surface area (Å²) >= 11 is 0. The zero-order valence-electron chi connectivity index (χ0n) is 22.0. The molecule has 0 aliphatic carbocycles. The lowest BCUT2D eigenvalue weighted by Gasteiger charge is -2.15.